The molecular formula is C24H37ClN2O5. The fourth-order valence-corrected chi connectivity index (χ4v) is 5.43. The number of aliphatic carboxylic acids is 1. The van der Waals surface area contributed by atoms with E-state index in [0.29, 0.717) is 42.4 Å². The number of carboxylic acids is 1. The SMILES string of the molecule is CC1CCC(O)(C(C(=O)O)(c2cccc(Cl)c2)C(C)(C)C)CC1.O=C(O)N1CCNCC1. The van der Waals surface area contributed by atoms with Gasteiger partial charge in [-0.15, -0.1) is 0 Å². The van der Waals surface area contributed by atoms with Crippen LogP contribution in [0, 0.1) is 11.3 Å². The first kappa shape index (κ1) is 26.4. The number of carboxylic acid groups (broad SMARTS) is 2. The highest BCUT2D eigenvalue weighted by Gasteiger charge is 2.63. The van der Waals surface area contributed by atoms with Crippen LogP contribution in [0.15, 0.2) is 24.3 Å². The molecule has 2 fully saturated rings. The van der Waals surface area contributed by atoms with Crippen molar-refractivity contribution < 1.29 is 24.9 Å². The first-order valence-corrected chi connectivity index (χ1v) is 11.6. The van der Waals surface area contributed by atoms with Crippen LogP contribution >= 0.6 is 11.6 Å². The maximum absolute atomic E-state index is 12.6. The van der Waals surface area contributed by atoms with E-state index in [1.165, 1.54) is 4.90 Å². The van der Waals surface area contributed by atoms with Crippen molar-refractivity contribution in [1.82, 2.24) is 10.2 Å². The number of amides is 1. The number of nitrogens with zero attached hydrogens (tertiary/aromatic N) is 1. The van der Waals surface area contributed by atoms with Gasteiger partial charge in [-0.1, -0.05) is 51.4 Å². The number of hydrogen-bond donors (Lipinski definition) is 4. The van der Waals surface area contributed by atoms with Gasteiger partial charge in [-0.2, -0.15) is 0 Å². The summed E-state index contributed by atoms with van der Waals surface area (Å²) in [6.45, 7) is 10.6. The van der Waals surface area contributed by atoms with Crippen LogP contribution in [0.25, 0.3) is 0 Å². The Balaban J connectivity index is 0.000000336. The van der Waals surface area contributed by atoms with Crippen LogP contribution in [-0.4, -0.2) is 64.1 Å². The summed E-state index contributed by atoms with van der Waals surface area (Å²) in [7, 11) is 0. The molecule has 3 rings (SSSR count). The predicted molar refractivity (Wildman–Crippen MR) is 125 cm³/mol. The van der Waals surface area contributed by atoms with E-state index in [0.717, 1.165) is 25.9 Å². The number of piperazine rings is 1. The van der Waals surface area contributed by atoms with Crippen molar-refractivity contribution in [1.29, 1.82) is 0 Å². The van der Waals surface area contributed by atoms with Gasteiger partial charge in [0.05, 0.1) is 5.60 Å². The van der Waals surface area contributed by atoms with Crippen LogP contribution in [0.1, 0.15) is 58.9 Å². The number of benzene rings is 1. The molecule has 0 aromatic heterocycles. The summed E-state index contributed by atoms with van der Waals surface area (Å²) in [5, 5.41) is 33.8. The minimum absolute atomic E-state index is 0.490. The lowest BCUT2D eigenvalue weighted by atomic mass is 9.50. The summed E-state index contributed by atoms with van der Waals surface area (Å²) in [5.74, 6) is -0.467. The van der Waals surface area contributed by atoms with Gasteiger partial charge in [0.15, 0.2) is 0 Å². The molecule has 8 heteroatoms. The van der Waals surface area contributed by atoms with Gasteiger partial charge in [-0.25, -0.2) is 4.79 Å². The van der Waals surface area contributed by atoms with Crippen LogP contribution in [0.5, 0.6) is 0 Å². The second kappa shape index (κ2) is 10.4. The fraction of sp³-hybridized carbons (Fsp3) is 0.667. The molecule has 1 unspecified atom stereocenters. The number of aliphatic hydroxyl groups is 1. The molecule has 32 heavy (non-hydrogen) atoms. The van der Waals surface area contributed by atoms with Crippen LogP contribution in [0.3, 0.4) is 0 Å². The minimum Gasteiger partial charge on any atom is -0.480 e. The van der Waals surface area contributed by atoms with E-state index in [1.807, 2.05) is 20.8 Å². The Labute approximate surface area is 195 Å². The van der Waals surface area contributed by atoms with Crippen LogP contribution in [0.4, 0.5) is 4.79 Å². The Kier molecular flexibility index (Phi) is 8.59. The van der Waals surface area contributed by atoms with Gasteiger partial charge in [0.1, 0.15) is 5.41 Å². The first-order valence-electron chi connectivity index (χ1n) is 11.3. The molecule has 1 atom stereocenters. The Morgan fingerprint density at radius 3 is 2.09 bits per heavy atom. The molecule has 1 aromatic carbocycles. The first-order chi connectivity index (χ1) is 14.8. The van der Waals surface area contributed by atoms with Crippen molar-refractivity contribution in [2.45, 2.75) is 64.4 Å². The van der Waals surface area contributed by atoms with Crippen molar-refractivity contribution in [3.63, 3.8) is 0 Å². The van der Waals surface area contributed by atoms with Gasteiger partial charge in [0, 0.05) is 31.2 Å². The second-order valence-corrected chi connectivity index (χ2v) is 10.5. The highest BCUT2D eigenvalue weighted by Crippen LogP contribution is 2.55. The zero-order valence-corrected chi connectivity index (χ0v) is 20.3. The predicted octanol–water partition coefficient (Wildman–Crippen LogP) is 4.22. The number of carbonyl (C=O) groups is 2. The van der Waals surface area contributed by atoms with Crippen molar-refractivity contribution in [2.75, 3.05) is 26.2 Å². The average molecular weight is 469 g/mol. The smallest absolute Gasteiger partial charge is 0.407 e. The van der Waals surface area contributed by atoms with Crippen LogP contribution in [-0.2, 0) is 10.2 Å². The monoisotopic (exact) mass is 468 g/mol. The van der Waals surface area contributed by atoms with E-state index < -0.39 is 28.5 Å². The third kappa shape index (κ3) is 5.38. The summed E-state index contributed by atoms with van der Waals surface area (Å²) in [6, 6.07) is 6.96. The molecule has 1 aromatic rings. The highest BCUT2D eigenvalue weighted by molar-refractivity contribution is 6.30. The molecule has 4 N–H and O–H groups in total. The third-order valence-corrected chi connectivity index (χ3v) is 7.13. The molecule has 0 radical (unpaired) electrons. The van der Waals surface area contributed by atoms with E-state index in [4.69, 9.17) is 16.7 Å². The van der Waals surface area contributed by atoms with E-state index in [1.54, 1.807) is 24.3 Å². The summed E-state index contributed by atoms with van der Waals surface area (Å²) >= 11 is 6.14. The Bertz CT molecular complexity index is 796. The average Bonchev–Trinajstić information content (AvgIpc) is 2.71. The largest absolute Gasteiger partial charge is 0.480 e. The Hall–Kier alpha value is -1.83. The van der Waals surface area contributed by atoms with Crippen LogP contribution < -0.4 is 5.32 Å². The Morgan fingerprint density at radius 1 is 1.12 bits per heavy atom. The van der Waals surface area contributed by atoms with Gasteiger partial charge in [-0.3, -0.25) is 4.79 Å². The van der Waals surface area contributed by atoms with Gasteiger partial charge in [0.2, 0.25) is 0 Å². The topological polar surface area (TPSA) is 110 Å². The standard InChI is InChI=1S/C19H27ClO3.C5H10N2O2/c1-13-8-10-18(23,11-9-13)19(16(21)22,17(2,3)4)14-6-5-7-15(20)12-14;8-5(9)7-3-1-6-2-4-7/h5-7,12-13,23H,8-11H2,1-4H3,(H,21,22);6H,1-4H2,(H,8,9). The molecule has 7 nitrogen and oxygen atoms in total. The van der Waals surface area contributed by atoms with E-state index in [2.05, 4.69) is 12.2 Å². The summed E-state index contributed by atoms with van der Waals surface area (Å²) in [4.78, 5) is 24.2. The third-order valence-electron chi connectivity index (χ3n) is 6.89. The molecule has 2 aliphatic rings. The Morgan fingerprint density at radius 2 is 1.69 bits per heavy atom. The zero-order chi connectivity index (χ0) is 24.2. The number of halogens is 1. The molecule has 1 heterocycles. The van der Waals surface area contributed by atoms with Gasteiger partial charge < -0.3 is 25.5 Å². The number of hydrogen-bond acceptors (Lipinski definition) is 4. The van der Waals surface area contributed by atoms with Gasteiger partial charge >= 0.3 is 12.1 Å². The lowest BCUT2D eigenvalue weighted by Gasteiger charge is -2.54. The molecule has 1 saturated heterocycles. The molecule has 0 bridgehead atoms. The molecule has 1 aliphatic carbocycles. The maximum atomic E-state index is 12.6. The summed E-state index contributed by atoms with van der Waals surface area (Å²) < 4.78 is 0. The lowest BCUT2D eigenvalue weighted by Crippen LogP contribution is -2.64. The molecule has 0 spiro atoms. The van der Waals surface area contributed by atoms with Crippen molar-refractivity contribution in [3.8, 4) is 0 Å². The quantitative estimate of drug-likeness (QED) is 0.528. The molecular weight excluding hydrogens is 432 g/mol. The van der Waals surface area contributed by atoms with E-state index in [9.17, 15) is 19.8 Å². The molecule has 1 amide bonds. The summed E-state index contributed by atoms with van der Waals surface area (Å²) in [5.41, 5.74) is -2.76. The maximum Gasteiger partial charge on any atom is 0.407 e. The minimum atomic E-state index is -1.40. The summed E-state index contributed by atoms with van der Waals surface area (Å²) in [6.07, 6.45) is 1.84. The highest BCUT2D eigenvalue weighted by atomic mass is 35.5. The van der Waals surface area contributed by atoms with Gasteiger partial charge in [-0.05, 0) is 54.7 Å². The molecule has 1 saturated carbocycles. The van der Waals surface area contributed by atoms with Gasteiger partial charge in [0.25, 0.3) is 0 Å². The zero-order valence-electron chi connectivity index (χ0n) is 19.5. The normalized spacial score (nSPS) is 25.8. The van der Waals surface area contributed by atoms with E-state index >= 15 is 0 Å². The fourth-order valence-electron chi connectivity index (χ4n) is 5.24. The van der Waals surface area contributed by atoms with E-state index in [-0.39, 0.29) is 0 Å². The number of rotatable bonds is 3. The lowest BCUT2D eigenvalue weighted by molar-refractivity contribution is -0.175. The molecule has 1 aliphatic heterocycles. The second-order valence-electron chi connectivity index (χ2n) is 10.0. The number of nitrogens with one attached hydrogen (secondary N) is 1. The van der Waals surface area contributed by atoms with Crippen molar-refractivity contribution in [3.05, 3.63) is 34.9 Å². The molecule has 180 valence electrons. The van der Waals surface area contributed by atoms with Crippen molar-refractivity contribution >= 4 is 23.7 Å². The van der Waals surface area contributed by atoms with Crippen LogP contribution in [0.2, 0.25) is 5.02 Å². The van der Waals surface area contributed by atoms with Crippen molar-refractivity contribution in [2.24, 2.45) is 11.3 Å².